The molecule has 4 aliphatic rings. The van der Waals surface area contributed by atoms with Crippen molar-refractivity contribution in [1.82, 2.24) is 30.3 Å². The number of hydrogen-bond acceptors (Lipinski definition) is 7. The van der Waals surface area contributed by atoms with E-state index in [0.717, 1.165) is 86.5 Å². The van der Waals surface area contributed by atoms with Crippen LogP contribution in [0, 0.1) is 12.3 Å². The van der Waals surface area contributed by atoms with E-state index in [1.54, 1.807) is 6.08 Å². The number of anilines is 1. The zero-order chi connectivity index (χ0) is 26.4. The molecular formula is C28H39FN8O. The quantitative estimate of drug-likeness (QED) is 0.534. The number of carbonyl (C=O) groups excluding carboxylic acids is 1. The van der Waals surface area contributed by atoms with Gasteiger partial charge in [0.25, 0.3) is 0 Å². The van der Waals surface area contributed by atoms with Crippen molar-refractivity contribution in [2.24, 2.45) is 11.1 Å². The molecule has 5 heterocycles. The molecule has 2 aromatic rings. The van der Waals surface area contributed by atoms with Crippen LogP contribution in [0.2, 0.25) is 0 Å². The first-order valence-electron chi connectivity index (χ1n) is 14.2. The zero-order valence-corrected chi connectivity index (χ0v) is 22.4. The summed E-state index contributed by atoms with van der Waals surface area (Å²) in [6, 6.07) is 1.50. The van der Waals surface area contributed by atoms with Crippen LogP contribution in [0.5, 0.6) is 0 Å². The molecule has 3 saturated heterocycles. The molecule has 3 aliphatic heterocycles. The Hall–Kier alpha value is -2.98. The van der Waals surface area contributed by atoms with E-state index in [1.807, 2.05) is 27.8 Å². The van der Waals surface area contributed by atoms with Gasteiger partial charge in [-0.15, -0.1) is 0 Å². The monoisotopic (exact) mass is 522 g/mol. The van der Waals surface area contributed by atoms with E-state index in [9.17, 15) is 9.18 Å². The number of nitrogens with zero attached hydrogens (tertiary/aromatic N) is 5. The summed E-state index contributed by atoms with van der Waals surface area (Å²) in [5.74, 6) is 0.790. The molecule has 0 radical (unpaired) electrons. The lowest BCUT2D eigenvalue weighted by molar-refractivity contribution is -0.139. The van der Waals surface area contributed by atoms with Gasteiger partial charge in [0.1, 0.15) is 17.7 Å². The second kappa shape index (κ2) is 9.96. The summed E-state index contributed by atoms with van der Waals surface area (Å²) in [4.78, 5) is 23.4. The number of halogens is 1. The lowest BCUT2D eigenvalue weighted by Gasteiger charge is -2.40. The van der Waals surface area contributed by atoms with Gasteiger partial charge in [0.05, 0.1) is 17.2 Å². The average molecular weight is 523 g/mol. The maximum Gasteiger partial charge on any atom is 0.243 e. The first-order chi connectivity index (χ1) is 18.4. The molecule has 2 aromatic heterocycles. The molecule has 1 amide bonds. The summed E-state index contributed by atoms with van der Waals surface area (Å²) in [6.45, 7) is 6.56. The number of nitrogens with two attached hydrogens (primary N) is 1. The fraction of sp³-hybridized carbons (Fsp3) is 0.607. The van der Waals surface area contributed by atoms with Gasteiger partial charge in [-0.1, -0.05) is 25.8 Å². The standard InChI is InChI=1S/C28H39FN8O/c1-3-4-11-28-15-19(29)8-9-23(28)32-33-25(28)27(38)36-12-6-5-7-22(36)21-14-24-31-26(18(2)16-37(24)34-21)35-13-10-20(30)17-35/h9,14-16,20,22,25,32-33H,3-8,10-13,17,30H2,1-2H3/t20-,22-,25?,28?/m0/s1. The van der Waals surface area contributed by atoms with Gasteiger partial charge in [-0.3, -0.25) is 4.79 Å². The highest BCUT2D eigenvalue weighted by atomic mass is 19.1. The molecule has 2 unspecified atom stereocenters. The highest BCUT2D eigenvalue weighted by Crippen LogP contribution is 2.46. The Morgan fingerprint density at radius 3 is 2.95 bits per heavy atom. The number of allylic oxidation sites excluding steroid dienone is 2. The van der Waals surface area contributed by atoms with Crippen molar-refractivity contribution < 1.29 is 9.18 Å². The van der Waals surface area contributed by atoms with Gasteiger partial charge in [-0.2, -0.15) is 5.10 Å². The minimum absolute atomic E-state index is 0.000548. The Bertz CT molecular complexity index is 1290. The first-order valence-corrected chi connectivity index (χ1v) is 14.2. The number of carbonyl (C=O) groups is 1. The summed E-state index contributed by atoms with van der Waals surface area (Å²) in [5.41, 5.74) is 15.5. The molecule has 204 valence electrons. The molecule has 0 saturated carbocycles. The molecule has 1 aliphatic carbocycles. The summed E-state index contributed by atoms with van der Waals surface area (Å²) < 4.78 is 16.5. The van der Waals surface area contributed by atoms with Gasteiger partial charge in [0.2, 0.25) is 5.91 Å². The van der Waals surface area contributed by atoms with E-state index >= 15 is 0 Å². The van der Waals surface area contributed by atoms with Crippen LogP contribution in [-0.2, 0) is 4.79 Å². The number of piperidine rings is 1. The van der Waals surface area contributed by atoms with Crippen LogP contribution >= 0.6 is 0 Å². The van der Waals surface area contributed by atoms with Crippen LogP contribution in [0.1, 0.15) is 75.6 Å². The van der Waals surface area contributed by atoms with Gasteiger partial charge in [-0.05, 0) is 45.1 Å². The minimum atomic E-state index is -0.680. The maximum atomic E-state index is 14.6. The van der Waals surface area contributed by atoms with Crippen molar-refractivity contribution in [2.75, 3.05) is 24.5 Å². The molecule has 0 spiro atoms. The number of unbranched alkanes of at least 4 members (excludes halogenated alkanes) is 1. The van der Waals surface area contributed by atoms with Crippen LogP contribution < -0.4 is 21.5 Å². The molecular weight excluding hydrogens is 483 g/mol. The summed E-state index contributed by atoms with van der Waals surface area (Å²) in [7, 11) is 0. The molecule has 6 rings (SSSR count). The number of likely N-dealkylation sites (tertiary alicyclic amines) is 1. The largest absolute Gasteiger partial charge is 0.355 e. The van der Waals surface area contributed by atoms with Gasteiger partial charge >= 0.3 is 0 Å². The Kier molecular flexibility index (Phi) is 6.63. The fourth-order valence-electron chi connectivity index (χ4n) is 6.74. The van der Waals surface area contributed by atoms with Gasteiger partial charge < -0.3 is 21.0 Å². The van der Waals surface area contributed by atoms with Crippen molar-refractivity contribution in [2.45, 2.75) is 83.3 Å². The molecule has 0 bridgehead atoms. The second-order valence-electron chi connectivity index (χ2n) is 11.4. The van der Waals surface area contributed by atoms with E-state index in [1.165, 1.54) is 0 Å². The number of nitrogens with one attached hydrogen (secondary N) is 2. The van der Waals surface area contributed by atoms with Crippen LogP contribution in [0.3, 0.4) is 0 Å². The number of fused-ring (bicyclic) bond motifs is 2. The van der Waals surface area contributed by atoms with E-state index in [-0.39, 0.29) is 30.2 Å². The molecule has 3 fully saturated rings. The molecule has 38 heavy (non-hydrogen) atoms. The SMILES string of the molecule is CCCCC12C=C(F)CC=C1NNC2C(=O)N1CCCC[C@H]1c1cc2nc(N3CC[C@H](N)C3)c(C)cn2n1. The number of aromatic nitrogens is 3. The molecule has 4 atom stereocenters. The Morgan fingerprint density at radius 2 is 2.16 bits per heavy atom. The van der Waals surface area contributed by atoms with Gasteiger partial charge in [0.15, 0.2) is 5.65 Å². The van der Waals surface area contributed by atoms with Crippen molar-refractivity contribution in [3.05, 3.63) is 47.2 Å². The zero-order valence-electron chi connectivity index (χ0n) is 22.4. The third-order valence-corrected chi connectivity index (χ3v) is 8.75. The topological polar surface area (TPSA) is 104 Å². The third kappa shape index (κ3) is 4.27. The fourth-order valence-corrected chi connectivity index (χ4v) is 6.74. The first kappa shape index (κ1) is 25.3. The van der Waals surface area contributed by atoms with E-state index in [2.05, 4.69) is 29.6 Å². The van der Waals surface area contributed by atoms with E-state index < -0.39 is 11.5 Å². The summed E-state index contributed by atoms with van der Waals surface area (Å²) in [6.07, 6.45) is 12.3. The molecule has 10 heteroatoms. The average Bonchev–Trinajstić information content (AvgIpc) is 3.63. The van der Waals surface area contributed by atoms with E-state index in [0.29, 0.717) is 6.54 Å². The minimum Gasteiger partial charge on any atom is -0.355 e. The smallest absolute Gasteiger partial charge is 0.243 e. The number of rotatable bonds is 6. The third-order valence-electron chi connectivity index (χ3n) is 8.75. The number of hydrazine groups is 1. The van der Waals surface area contributed by atoms with Crippen molar-refractivity contribution in [3.63, 3.8) is 0 Å². The predicted octanol–water partition coefficient (Wildman–Crippen LogP) is 3.42. The molecule has 4 N–H and O–H groups in total. The van der Waals surface area contributed by atoms with E-state index in [4.69, 9.17) is 15.8 Å². The number of hydrogen-bond donors (Lipinski definition) is 3. The van der Waals surface area contributed by atoms with Crippen LogP contribution in [0.25, 0.3) is 5.65 Å². The predicted molar refractivity (Wildman–Crippen MR) is 145 cm³/mol. The molecule has 0 aromatic carbocycles. The Balaban J connectivity index is 1.31. The van der Waals surface area contributed by atoms with Gasteiger partial charge in [0, 0.05) is 55.6 Å². The normalized spacial score (nSPS) is 29.3. The van der Waals surface area contributed by atoms with Crippen LogP contribution in [0.15, 0.2) is 35.9 Å². The molecule has 9 nitrogen and oxygen atoms in total. The van der Waals surface area contributed by atoms with Crippen molar-refractivity contribution in [3.8, 4) is 0 Å². The van der Waals surface area contributed by atoms with Crippen molar-refractivity contribution >= 4 is 17.4 Å². The second-order valence-corrected chi connectivity index (χ2v) is 11.4. The highest BCUT2D eigenvalue weighted by molar-refractivity contribution is 5.85. The Morgan fingerprint density at radius 1 is 1.29 bits per heavy atom. The number of amides is 1. The lowest BCUT2D eigenvalue weighted by Crippen LogP contribution is -2.53. The van der Waals surface area contributed by atoms with Gasteiger partial charge in [-0.25, -0.2) is 19.3 Å². The maximum absolute atomic E-state index is 14.6. The highest BCUT2D eigenvalue weighted by Gasteiger charge is 2.52. The van der Waals surface area contributed by atoms with Crippen LogP contribution in [0.4, 0.5) is 10.2 Å². The lowest BCUT2D eigenvalue weighted by atomic mass is 9.71. The number of aryl methyl sites for hydroxylation is 1. The summed E-state index contributed by atoms with van der Waals surface area (Å²) >= 11 is 0. The summed E-state index contributed by atoms with van der Waals surface area (Å²) in [5, 5.41) is 4.90. The Labute approximate surface area is 223 Å². The van der Waals surface area contributed by atoms with Crippen molar-refractivity contribution in [1.29, 1.82) is 0 Å². The van der Waals surface area contributed by atoms with Crippen LogP contribution in [-0.4, -0.2) is 57.1 Å².